The normalized spacial score (nSPS) is 14.1. The van der Waals surface area contributed by atoms with Gasteiger partial charge >= 0.3 is 0 Å². The second kappa shape index (κ2) is 5.18. The van der Waals surface area contributed by atoms with Crippen LogP contribution in [0.1, 0.15) is 22.3 Å². The van der Waals surface area contributed by atoms with E-state index in [1.54, 1.807) is 0 Å². The van der Waals surface area contributed by atoms with E-state index in [2.05, 4.69) is 52.3 Å². The molecule has 3 aromatic heterocycles. The van der Waals surface area contributed by atoms with Crippen LogP contribution in [0.5, 0.6) is 0 Å². The second-order valence-corrected chi connectivity index (χ2v) is 8.60. The van der Waals surface area contributed by atoms with Crippen LogP contribution in [0, 0.1) is 0 Å². The van der Waals surface area contributed by atoms with Gasteiger partial charge in [-0.2, -0.15) is 0 Å². The van der Waals surface area contributed by atoms with Gasteiger partial charge in [-0.25, -0.2) is 4.98 Å². The summed E-state index contributed by atoms with van der Waals surface area (Å²) < 4.78 is 2.70. The molecule has 0 saturated carbocycles. The third kappa shape index (κ3) is 1.78. The van der Waals surface area contributed by atoms with E-state index >= 15 is 0 Å². The highest BCUT2D eigenvalue weighted by Crippen LogP contribution is 2.52. The second-order valence-electron chi connectivity index (χ2n) is 7.52. The van der Waals surface area contributed by atoms with Gasteiger partial charge in [0.1, 0.15) is 5.82 Å². The minimum absolute atomic E-state index is 0.898. The van der Waals surface area contributed by atoms with Gasteiger partial charge in [0.2, 0.25) is 0 Å². The van der Waals surface area contributed by atoms with Crippen molar-refractivity contribution in [3.8, 4) is 0 Å². The van der Waals surface area contributed by atoms with Crippen LogP contribution < -0.4 is 4.90 Å². The SMILES string of the molecule is c1cnc2c(c1)Cc1cncc3c1N2c1ccc2sc4ccccc4c2c1C3. The molecule has 2 aliphatic heterocycles. The van der Waals surface area contributed by atoms with Crippen molar-refractivity contribution >= 4 is 48.7 Å². The van der Waals surface area contributed by atoms with Crippen LogP contribution in [-0.4, -0.2) is 9.97 Å². The first kappa shape index (κ1) is 14.8. The molecule has 4 heteroatoms. The average Bonchev–Trinajstić information content (AvgIpc) is 3.12. The van der Waals surface area contributed by atoms with E-state index in [0.29, 0.717) is 0 Å². The number of rotatable bonds is 0. The van der Waals surface area contributed by atoms with Gasteiger partial charge in [0, 0.05) is 51.6 Å². The minimum Gasteiger partial charge on any atom is -0.294 e. The monoisotopic (exact) mass is 377 g/mol. The first-order valence-electron chi connectivity index (χ1n) is 9.51. The van der Waals surface area contributed by atoms with E-state index in [1.165, 1.54) is 53.8 Å². The van der Waals surface area contributed by atoms with Crippen molar-refractivity contribution in [1.29, 1.82) is 0 Å². The molecule has 0 saturated heterocycles. The average molecular weight is 377 g/mol. The molecule has 0 spiro atoms. The van der Waals surface area contributed by atoms with Crippen molar-refractivity contribution in [2.45, 2.75) is 12.8 Å². The number of anilines is 3. The van der Waals surface area contributed by atoms with Gasteiger partial charge in [0.05, 0.1) is 11.4 Å². The van der Waals surface area contributed by atoms with Gasteiger partial charge in [0.15, 0.2) is 0 Å². The molecule has 7 rings (SSSR count). The van der Waals surface area contributed by atoms with E-state index in [-0.39, 0.29) is 0 Å². The van der Waals surface area contributed by atoms with E-state index in [0.717, 1.165) is 18.7 Å². The van der Waals surface area contributed by atoms with Crippen molar-refractivity contribution in [2.75, 3.05) is 4.90 Å². The molecular formula is C24H15N3S. The molecule has 0 N–H and O–H groups in total. The van der Waals surface area contributed by atoms with Crippen LogP contribution in [0.4, 0.5) is 17.2 Å². The first-order chi connectivity index (χ1) is 13.9. The topological polar surface area (TPSA) is 29.0 Å². The summed E-state index contributed by atoms with van der Waals surface area (Å²) in [5.41, 5.74) is 7.78. The number of fused-ring (bicyclic) bond motifs is 8. The summed E-state index contributed by atoms with van der Waals surface area (Å²) in [6.45, 7) is 0. The highest BCUT2D eigenvalue weighted by Gasteiger charge is 2.33. The van der Waals surface area contributed by atoms with Crippen molar-refractivity contribution in [2.24, 2.45) is 0 Å². The lowest BCUT2D eigenvalue weighted by molar-refractivity contribution is 0.966. The molecule has 0 fully saturated rings. The molecule has 28 heavy (non-hydrogen) atoms. The van der Waals surface area contributed by atoms with Crippen LogP contribution in [0.15, 0.2) is 67.1 Å². The summed E-state index contributed by atoms with van der Waals surface area (Å²) >= 11 is 1.88. The number of hydrogen-bond acceptors (Lipinski definition) is 4. The zero-order chi connectivity index (χ0) is 18.2. The lowest BCUT2D eigenvalue weighted by Crippen LogP contribution is -2.25. The Labute approximate surface area is 165 Å². The van der Waals surface area contributed by atoms with Crippen molar-refractivity contribution < 1.29 is 0 Å². The molecule has 0 aliphatic carbocycles. The predicted octanol–water partition coefficient (Wildman–Crippen LogP) is 6.12. The quantitative estimate of drug-likeness (QED) is 0.319. The third-order valence-corrected chi connectivity index (χ3v) is 7.12. The van der Waals surface area contributed by atoms with Crippen LogP contribution in [0.25, 0.3) is 20.2 Å². The summed E-state index contributed by atoms with van der Waals surface area (Å²) in [4.78, 5) is 11.7. The highest BCUT2D eigenvalue weighted by molar-refractivity contribution is 7.25. The maximum absolute atomic E-state index is 4.78. The summed E-state index contributed by atoms with van der Waals surface area (Å²) in [7, 11) is 0. The molecule has 2 aromatic carbocycles. The molecule has 0 radical (unpaired) electrons. The molecule has 0 amide bonds. The third-order valence-electron chi connectivity index (χ3n) is 5.99. The Balaban J connectivity index is 1.62. The highest BCUT2D eigenvalue weighted by atomic mass is 32.1. The molecule has 0 unspecified atom stereocenters. The first-order valence-corrected chi connectivity index (χ1v) is 10.3. The fourth-order valence-electron chi connectivity index (χ4n) is 4.86. The van der Waals surface area contributed by atoms with Gasteiger partial charge in [0.25, 0.3) is 0 Å². The molecule has 3 nitrogen and oxygen atoms in total. The largest absolute Gasteiger partial charge is 0.294 e. The fraction of sp³-hybridized carbons (Fsp3) is 0.0833. The summed E-state index contributed by atoms with van der Waals surface area (Å²) in [5.74, 6) is 1.06. The zero-order valence-electron chi connectivity index (χ0n) is 15.0. The van der Waals surface area contributed by atoms with Crippen molar-refractivity contribution in [3.63, 3.8) is 0 Å². The van der Waals surface area contributed by atoms with E-state index < -0.39 is 0 Å². The lowest BCUT2D eigenvalue weighted by Gasteiger charge is -2.38. The maximum Gasteiger partial charge on any atom is 0.141 e. The molecule has 5 heterocycles. The minimum atomic E-state index is 0.898. The number of hydrogen-bond donors (Lipinski definition) is 0. The van der Waals surface area contributed by atoms with Crippen LogP contribution in [-0.2, 0) is 12.8 Å². The predicted molar refractivity (Wildman–Crippen MR) is 115 cm³/mol. The van der Waals surface area contributed by atoms with E-state index in [4.69, 9.17) is 4.98 Å². The Kier molecular flexibility index (Phi) is 2.73. The van der Waals surface area contributed by atoms with Gasteiger partial charge in [-0.05, 0) is 46.5 Å². The number of thiophene rings is 1. The Hall–Kier alpha value is -3.24. The van der Waals surface area contributed by atoms with Crippen molar-refractivity contribution in [3.05, 3.63) is 89.4 Å². The Morgan fingerprint density at radius 1 is 0.821 bits per heavy atom. The van der Waals surface area contributed by atoms with E-state index in [1.807, 2.05) is 36.0 Å². The van der Waals surface area contributed by atoms with Crippen molar-refractivity contribution in [1.82, 2.24) is 9.97 Å². The number of aromatic nitrogens is 2. The van der Waals surface area contributed by atoms with Crippen LogP contribution >= 0.6 is 11.3 Å². The van der Waals surface area contributed by atoms with Gasteiger partial charge in [-0.1, -0.05) is 24.3 Å². The molecule has 0 atom stereocenters. The van der Waals surface area contributed by atoms with Crippen LogP contribution in [0.3, 0.4) is 0 Å². The number of benzene rings is 2. The molecular weight excluding hydrogens is 362 g/mol. The fourth-order valence-corrected chi connectivity index (χ4v) is 6.00. The summed E-state index contributed by atoms with van der Waals surface area (Å²) in [6, 6.07) is 17.5. The Morgan fingerprint density at radius 2 is 1.71 bits per heavy atom. The number of nitrogens with zero attached hydrogens (tertiary/aromatic N) is 3. The van der Waals surface area contributed by atoms with Crippen LogP contribution in [0.2, 0.25) is 0 Å². The van der Waals surface area contributed by atoms with E-state index in [9.17, 15) is 0 Å². The Bertz CT molecular complexity index is 1430. The van der Waals surface area contributed by atoms with Gasteiger partial charge in [-0.3, -0.25) is 9.88 Å². The standard InChI is InChI=1S/C24H15N3S/c1-2-6-20-17(5-1)22-18-11-16-13-25-12-15-10-14-4-3-9-26-24(14)27(23(15)16)19(18)7-8-21(22)28-20/h1-9,12-13H,10-11H2. The molecule has 5 aromatic rings. The molecule has 2 aliphatic rings. The number of pyridine rings is 2. The zero-order valence-corrected chi connectivity index (χ0v) is 15.8. The molecule has 132 valence electrons. The van der Waals surface area contributed by atoms with Gasteiger partial charge < -0.3 is 0 Å². The van der Waals surface area contributed by atoms with Gasteiger partial charge in [-0.15, -0.1) is 11.3 Å². The summed E-state index contributed by atoms with van der Waals surface area (Å²) in [5, 5.41) is 2.74. The lowest BCUT2D eigenvalue weighted by atomic mass is 9.88. The summed E-state index contributed by atoms with van der Waals surface area (Å²) in [6.07, 6.45) is 7.77. The smallest absolute Gasteiger partial charge is 0.141 e. The maximum atomic E-state index is 4.78. The molecule has 0 bridgehead atoms. The Morgan fingerprint density at radius 3 is 2.68 bits per heavy atom.